The number of halogens is 2. The molecular weight excluding hydrogens is 398 g/mol. The number of amides is 2. The van der Waals surface area contributed by atoms with E-state index in [0.29, 0.717) is 11.6 Å². The highest BCUT2D eigenvalue weighted by Crippen LogP contribution is 2.28. The molecule has 0 saturated carbocycles. The second-order valence-corrected chi connectivity index (χ2v) is 6.29. The van der Waals surface area contributed by atoms with Gasteiger partial charge in [0.1, 0.15) is 18.2 Å². The third-order valence-electron chi connectivity index (χ3n) is 4.23. The fourth-order valence-electron chi connectivity index (χ4n) is 2.97. The van der Waals surface area contributed by atoms with E-state index >= 15 is 0 Å². The van der Waals surface area contributed by atoms with Crippen LogP contribution in [-0.2, 0) is 14.3 Å². The van der Waals surface area contributed by atoms with Crippen LogP contribution in [0.4, 0.5) is 13.6 Å². The molecule has 0 bridgehead atoms. The number of benzene rings is 2. The molecule has 1 unspecified atom stereocenters. The molecule has 1 aliphatic heterocycles. The molecule has 2 amide bonds. The van der Waals surface area contributed by atoms with E-state index in [1.165, 1.54) is 0 Å². The van der Waals surface area contributed by atoms with Crippen LogP contribution < -0.4 is 10.6 Å². The molecule has 156 valence electrons. The topological polar surface area (TPSA) is 93.7 Å². The van der Waals surface area contributed by atoms with Crippen LogP contribution in [0.5, 0.6) is 0 Å². The van der Waals surface area contributed by atoms with E-state index in [0.717, 1.165) is 12.1 Å². The van der Waals surface area contributed by atoms with Crippen LogP contribution in [0, 0.1) is 11.6 Å². The number of carbonyl (C=O) groups excluding carboxylic acids is 3. The fourth-order valence-corrected chi connectivity index (χ4v) is 2.97. The van der Waals surface area contributed by atoms with Crippen LogP contribution in [0.1, 0.15) is 28.9 Å². The Kier molecular flexibility index (Phi) is 6.41. The van der Waals surface area contributed by atoms with Crippen molar-refractivity contribution in [2.24, 2.45) is 0 Å². The summed E-state index contributed by atoms with van der Waals surface area (Å²) >= 11 is 0. The van der Waals surface area contributed by atoms with E-state index in [-0.39, 0.29) is 23.4 Å². The first kappa shape index (κ1) is 21.0. The molecule has 3 rings (SSSR count). The van der Waals surface area contributed by atoms with Gasteiger partial charge in [0.25, 0.3) is 0 Å². The van der Waals surface area contributed by atoms with Gasteiger partial charge in [-0.25, -0.2) is 23.2 Å². The third kappa shape index (κ3) is 4.80. The minimum atomic E-state index is -1.02. The lowest BCUT2D eigenvalue weighted by atomic mass is 9.95. The quantitative estimate of drug-likeness (QED) is 0.707. The van der Waals surface area contributed by atoms with Gasteiger partial charge in [0, 0.05) is 6.07 Å². The Labute approximate surface area is 170 Å². The number of esters is 2. The number of nitrogens with one attached hydrogen (secondary N) is 2. The molecule has 0 aliphatic carbocycles. The molecule has 1 atom stereocenters. The van der Waals surface area contributed by atoms with Crippen molar-refractivity contribution in [2.45, 2.75) is 13.0 Å². The molecule has 2 aromatic carbocycles. The Hall–Kier alpha value is -3.75. The smallest absolute Gasteiger partial charge is 0.338 e. The van der Waals surface area contributed by atoms with E-state index in [4.69, 9.17) is 9.47 Å². The Morgan fingerprint density at radius 2 is 1.67 bits per heavy atom. The van der Waals surface area contributed by atoms with Gasteiger partial charge in [0.15, 0.2) is 0 Å². The molecule has 7 nitrogen and oxygen atoms in total. The highest BCUT2D eigenvalue weighted by Gasteiger charge is 2.34. The first-order chi connectivity index (χ1) is 14.4. The average Bonchev–Trinajstić information content (AvgIpc) is 2.71. The number of hydrogen-bond acceptors (Lipinski definition) is 5. The number of ether oxygens (including phenoxy) is 2. The number of rotatable bonds is 6. The van der Waals surface area contributed by atoms with Crippen molar-refractivity contribution < 1.29 is 32.6 Å². The maximum atomic E-state index is 13.3. The lowest BCUT2D eigenvalue weighted by Crippen LogP contribution is -2.47. The largest absolute Gasteiger partial charge is 0.463 e. The maximum absolute atomic E-state index is 13.3. The first-order valence-corrected chi connectivity index (χ1v) is 9.05. The van der Waals surface area contributed by atoms with Crippen molar-refractivity contribution in [2.75, 3.05) is 13.2 Å². The van der Waals surface area contributed by atoms with Crippen LogP contribution in [0.3, 0.4) is 0 Å². The van der Waals surface area contributed by atoms with Crippen LogP contribution in [0.25, 0.3) is 0 Å². The van der Waals surface area contributed by atoms with Crippen molar-refractivity contribution in [1.29, 1.82) is 0 Å². The molecule has 0 radical (unpaired) electrons. The molecule has 9 heteroatoms. The third-order valence-corrected chi connectivity index (χ3v) is 4.23. The van der Waals surface area contributed by atoms with Gasteiger partial charge in [-0.15, -0.1) is 0 Å². The Morgan fingerprint density at radius 3 is 2.30 bits per heavy atom. The number of hydrogen-bond donors (Lipinski definition) is 2. The minimum Gasteiger partial charge on any atom is -0.463 e. The molecule has 30 heavy (non-hydrogen) atoms. The van der Waals surface area contributed by atoms with Crippen molar-refractivity contribution in [1.82, 2.24) is 10.6 Å². The van der Waals surface area contributed by atoms with E-state index < -0.39 is 42.3 Å². The standard InChI is InChI=1S/C21H18F2N2O5/c1-2-29-20(27)17-16(11-30-19(26)13-8-14(22)10-15(23)9-13)24-21(28)25-18(17)12-6-4-3-5-7-12/h3-10,18H,2,11H2,1H3,(H2,24,25,28). The van der Waals surface area contributed by atoms with E-state index in [2.05, 4.69) is 10.6 Å². The summed E-state index contributed by atoms with van der Waals surface area (Å²) in [5, 5.41) is 5.08. The Bertz CT molecular complexity index is 987. The summed E-state index contributed by atoms with van der Waals surface area (Å²) in [6.45, 7) is 1.21. The maximum Gasteiger partial charge on any atom is 0.338 e. The van der Waals surface area contributed by atoms with Crippen LogP contribution in [0.15, 0.2) is 59.8 Å². The lowest BCUT2D eigenvalue weighted by molar-refractivity contribution is -0.139. The van der Waals surface area contributed by atoms with Crippen LogP contribution in [-0.4, -0.2) is 31.2 Å². The monoisotopic (exact) mass is 416 g/mol. The zero-order valence-electron chi connectivity index (χ0n) is 15.9. The van der Waals surface area contributed by atoms with Gasteiger partial charge in [-0.3, -0.25) is 0 Å². The van der Waals surface area contributed by atoms with Crippen LogP contribution in [0.2, 0.25) is 0 Å². The second kappa shape index (κ2) is 9.17. The average molecular weight is 416 g/mol. The summed E-state index contributed by atoms with van der Waals surface area (Å²) in [7, 11) is 0. The zero-order valence-corrected chi connectivity index (χ0v) is 15.9. The van der Waals surface area contributed by atoms with Crippen molar-refractivity contribution >= 4 is 18.0 Å². The SMILES string of the molecule is CCOC(=O)C1=C(COC(=O)c2cc(F)cc(F)c2)NC(=O)NC1c1ccccc1. The second-order valence-electron chi connectivity index (χ2n) is 6.29. The van der Waals surface area contributed by atoms with Gasteiger partial charge in [-0.05, 0) is 24.6 Å². The first-order valence-electron chi connectivity index (χ1n) is 9.05. The predicted octanol–water partition coefficient (Wildman–Crippen LogP) is 2.99. The molecule has 0 fully saturated rings. The zero-order chi connectivity index (χ0) is 21.7. The molecule has 0 spiro atoms. The molecule has 1 heterocycles. The van der Waals surface area contributed by atoms with Gasteiger partial charge in [0.05, 0.1) is 29.5 Å². The summed E-state index contributed by atoms with van der Waals surface area (Å²) in [4.78, 5) is 36.9. The minimum absolute atomic E-state index is 0.0104. The van der Waals surface area contributed by atoms with E-state index in [9.17, 15) is 23.2 Å². The van der Waals surface area contributed by atoms with Crippen molar-refractivity contribution in [3.8, 4) is 0 Å². The van der Waals surface area contributed by atoms with E-state index in [1.807, 2.05) is 0 Å². The Morgan fingerprint density at radius 1 is 1.00 bits per heavy atom. The highest BCUT2D eigenvalue weighted by molar-refractivity contribution is 5.95. The summed E-state index contributed by atoms with van der Waals surface area (Å²) in [5.74, 6) is -3.60. The summed E-state index contributed by atoms with van der Waals surface area (Å²) in [5.41, 5.74) is 0.342. The van der Waals surface area contributed by atoms with Gasteiger partial charge >= 0.3 is 18.0 Å². The molecule has 1 aliphatic rings. The summed E-state index contributed by atoms with van der Waals surface area (Å²) in [6, 6.07) is 9.51. The lowest BCUT2D eigenvalue weighted by Gasteiger charge is -2.29. The normalized spacial score (nSPS) is 15.8. The van der Waals surface area contributed by atoms with E-state index in [1.54, 1.807) is 37.3 Å². The molecule has 0 aromatic heterocycles. The summed E-state index contributed by atoms with van der Waals surface area (Å²) in [6.07, 6.45) is 0. The molecule has 0 saturated heterocycles. The number of urea groups is 1. The fraction of sp³-hybridized carbons (Fsp3) is 0.190. The van der Waals surface area contributed by atoms with Crippen molar-refractivity contribution in [3.05, 3.63) is 82.6 Å². The van der Waals surface area contributed by atoms with Crippen LogP contribution >= 0.6 is 0 Å². The number of carbonyl (C=O) groups is 3. The van der Waals surface area contributed by atoms with Crippen molar-refractivity contribution in [3.63, 3.8) is 0 Å². The van der Waals surface area contributed by atoms with Gasteiger partial charge in [-0.2, -0.15) is 0 Å². The summed E-state index contributed by atoms with van der Waals surface area (Å²) < 4.78 is 36.9. The highest BCUT2D eigenvalue weighted by atomic mass is 19.1. The molecule has 2 N–H and O–H groups in total. The van der Waals surface area contributed by atoms with Gasteiger partial charge in [0.2, 0.25) is 0 Å². The van der Waals surface area contributed by atoms with Gasteiger partial charge < -0.3 is 20.1 Å². The molecular formula is C21H18F2N2O5. The Balaban J connectivity index is 1.91. The molecule has 2 aromatic rings. The van der Waals surface area contributed by atoms with Gasteiger partial charge in [-0.1, -0.05) is 30.3 Å². The predicted molar refractivity (Wildman–Crippen MR) is 101 cm³/mol.